The van der Waals surface area contributed by atoms with Crippen LogP contribution < -0.4 is 5.32 Å². The van der Waals surface area contributed by atoms with Crippen molar-refractivity contribution in [1.82, 2.24) is 10.2 Å². The summed E-state index contributed by atoms with van der Waals surface area (Å²) < 4.78 is 10.7. The molecule has 1 aromatic rings. The van der Waals surface area contributed by atoms with Crippen LogP contribution in [0.3, 0.4) is 0 Å². The lowest BCUT2D eigenvalue weighted by molar-refractivity contribution is 0.000367. The van der Waals surface area contributed by atoms with Gasteiger partial charge in [-0.15, -0.1) is 0 Å². The van der Waals surface area contributed by atoms with Gasteiger partial charge in [-0.1, -0.05) is 0 Å². The second-order valence-electron chi connectivity index (χ2n) is 4.22. The minimum atomic E-state index is 0.541. The average molecular weight is 224 g/mol. The third-order valence-electron chi connectivity index (χ3n) is 2.96. The molecular weight excluding hydrogens is 204 g/mol. The zero-order chi connectivity index (χ0) is 11.2. The Morgan fingerprint density at radius 2 is 2.50 bits per heavy atom. The maximum atomic E-state index is 5.40. The van der Waals surface area contributed by atoms with Crippen molar-refractivity contribution in [3.05, 3.63) is 24.2 Å². The number of furan rings is 1. The quantitative estimate of drug-likeness (QED) is 0.760. The van der Waals surface area contributed by atoms with Gasteiger partial charge in [0, 0.05) is 25.7 Å². The van der Waals surface area contributed by atoms with Gasteiger partial charge in [0.1, 0.15) is 5.76 Å². The van der Waals surface area contributed by atoms with Crippen LogP contribution >= 0.6 is 0 Å². The summed E-state index contributed by atoms with van der Waals surface area (Å²) in [5.41, 5.74) is 0. The smallest absolute Gasteiger partial charge is 0.117 e. The molecule has 90 valence electrons. The van der Waals surface area contributed by atoms with Gasteiger partial charge in [0.2, 0.25) is 0 Å². The van der Waals surface area contributed by atoms with Crippen molar-refractivity contribution in [3.63, 3.8) is 0 Å². The SMILES string of the molecule is CC1COCCN1CCNCc1ccco1. The van der Waals surface area contributed by atoms with Gasteiger partial charge in [0.05, 0.1) is 26.0 Å². The van der Waals surface area contributed by atoms with Crippen LogP contribution in [0, 0.1) is 0 Å². The van der Waals surface area contributed by atoms with Gasteiger partial charge in [0.25, 0.3) is 0 Å². The molecule has 1 atom stereocenters. The van der Waals surface area contributed by atoms with E-state index in [0.29, 0.717) is 6.04 Å². The maximum Gasteiger partial charge on any atom is 0.117 e. The first-order valence-corrected chi connectivity index (χ1v) is 5.91. The van der Waals surface area contributed by atoms with E-state index in [1.165, 1.54) is 0 Å². The van der Waals surface area contributed by atoms with Crippen molar-refractivity contribution in [2.75, 3.05) is 32.8 Å². The largest absolute Gasteiger partial charge is 0.468 e. The Balaban J connectivity index is 1.60. The third kappa shape index (κ3) is 3.33. The molecule has 0 saturated carbocycles. The zero-order valence-electron chi connectivity index (χ0n) is 9.82. The van der Waals surface area contributed by atoms with E-state index in [1.54, 1.807) is 6.26 Å². The molecule has 1 N–H and O–H groups in total. The van der Waals surface area contributed by atoms with E-state index in [0.717, 1.165) is 45.2 Å². The van der Waals surface area contributed by atoms with Crippen molar-refractivity contribution in [2.24, 2.45) is 0 Å². The summed E-state index contributed by atoms with van der Waals surface area (Å²) in [6, 6.07) is 4.45. The summed E-state index contributed by atoms with van der Waals surface area (Å²) in [4.78, 5) is 2.46. The van der Waals surface area contributed by atoms with Gasteiger partial charge in [-0.3, -0.25) is 4.90 Å². The number of rotatable bonds is 5. The van der Waals surface area contributed by atoms with Gasteiger partial charge in [-0.2, -0.15) is 0 Å². The predicted molar refractivity (Wildman–Crippen MR) is 62.3 cm³/mol. The van der Waals surface area contributed by atoms with E-state index in [1.807, 2.05) is 12.1 Å². The van der Waals surface area contributed by atoms with Crippen LogP contribution in [0.1, 0.15) is 12.7 Å². The lowest BCUT2D eigenvalue weighted by atomic mass is 10.2. The van der Waals surface area contributed by atoms with Crippen molar-refractivity contribution < 1.29 is 9.15 Å². The first-order valence-electron chi connectivity index (χ1n) is 5.91. The number of nitrogens with zero attached hydrogens (tertiary/aromatic N) is 1. The van der Waals surface area contributed by atoms with Crippen LogP contribution in [0.4, 0.5) is 0 Å². The summed E-state index contributed by atoms with van der Waals surface area (Å²) in [6.45, 7) is 7.86. The molecule has 0 spiro atoms. The Morgan fingerprint density at radius 3 is 3.25 bits per heavy atom. The molecule has 4 heteroatoms. The van der Waals surface area contributed by atoms with Crippen LogP contribution in [0.5, 0.6) is 0 Å². The summed E-state index contributed by atoms with van der Waals surface area (Å²) in [6.07, 6.45) is 1.71. The number of hydrogen-bond donors (Lipinski definition) is 1. The van der Waals surface area contributed by atoms with Crippen LogP contribution in [0.2, 0.25) is 0 Å². The molecular formula is C12H20N2O2. The Hall–Kier alpha value is -0.840. The molecule has 2 rings (SSSR count). The molecule has 4 nitrogen and oxygen atoms in total. The molecule has 1 aromatic heterocycles. The van der Waals surface area contributed by atoms with Gasteiger partial charge >= 0.3 is 0 Å². The molecule has 0 bridgehead atoms. The Labute approximate surface area is 96.6 Å². The fraction of sp³-hybridized carbons (Fsp3) is 0.667. The summed E-state index contributed by atoms with van der Waals surface area (Å²) in [5, 5.41) is 3.38. The first kappa shape index (κ1) is 11.6. The van der Waals surface area contributed by atoms with E-state index in [2.05, 4.69) is 17.1 Å². The van der Waals surface area contributed by atoms with E-state index in [9.17, 15) is 0 Å². The fourth-order valence-corrected chi connectivity index (χ4v) is 1.94. The van der Waals surface area contributed by atoms with Crippen molar-refractivity contribution in [1.29, 1.82) is 0 Å². The van der Waals surface area contributed by atoms with Gasteiger partial charge in [0.15, 0.2) is 0 Å². The van der Waals surface area contributed by atoms with Crippen LogP contribution in [0.25, 0.3) is 0 Å². The average Bonchev–Trinajstić information content (AvgIpc) is 2.79. The molecule has 0 amide bonds. The van der Waals surface area contributed by atoms with Gasteiger partial charge in [-0.25, -0.2) is 0 Å². The van der Waals surface area contributed by atoms with Gasteiger partial charge < -0.3 is 14.5 Å². The zero-order valence-corrected chi connectivity index (χ0v) is 9.82. The van der Waals surface area contributed by atoms with Crippen LogP contribution in [0.15, 0.2) is 22.8 Å². The second-order valence-corrected chi connectivity index (χ2v) is 4.22. The molecule has 1 aliphatic heterocycles. The number of ether oxygens (including phenoxy) is 1. The topological polar surface area (TPSA) is 37.6 Å². The highest BCUT2D eigenvalue weighted by molar-refractivity contribution is 4.97. The molecule has 0 aliphatic carbocycles. The molecule has 1 fully saturated rings. The molecule has 0 aromatic carbocycles. The van der Waals surface area contributed by atoms with Crippen molar-refractivity contribution >= 4 is 0 Å². The molecule has 1 aliphatic rings. The number of hydrogen-bond acceptors (Lipinski definition) is 4. The molecule has 0 radical (unpaired) electrons. The van der Waals surface area contributed by atoms with Crippen LogP contribution in [-0.4, -0.2) is 43.8 Å². The standard InChI is InChI=1S/C12H20N2O2/c1-11-10-15-8-6-14(11)5-4-13-9-12-3-2-7-16-12/h2-3,7,11,13H,4-6,8-10H2,1H3. The minimum Gasteiger partial charge on any atom is -0.468 e. The molecule has 16 heavy (non-hydrogen) atoms. The van der Waals surface area contributed by atoms with Gasteiger partial charge in [-0.05, 0) is 19.1 Å². The number of nitrogens with one attached hydrogen (secondary N) is 1. The van der Waals surface area contributed by atoms with E-state index in [4.69, 9.17) is 9.15 Å². The summed E-state index contributed by atoms with van der Waals surface area (Å²) in [5.74, 6) is 0.995. The van der Waals surface area contributed by atoms with Crippen molar-refractivity contribution in [2.45, 2.75) is 19.5 Å². The Bertz CT molecular complexity index is 287. The van der Waals surface area contributed by atoms with Crippen molar-refractivity contribution in [3.8, 4) is 0 Å². The van der Waals surface area contributed by atoms with E-state index >= 15 is 0 Å². The lowest BCUT2D eigenvalue weighted by Gasteiger charge is -2.33. The highest BCUT2D eigenvalue weighted by Gasteiger charge is 2.17. The lowest BCUT2D eigenvalue weighted by Crippen LogP contribution is -2.46. The monoisotopic (exact) mass is 224 g/mol. The summed E-state index contributed by atoms with van der Waals surface area (Å²) in [7, 11) is 0. The predicted octanol–water partition coefficient (Wildman–Crippen LogP) is 1.09. The van der Waals surface area contributed by atoms with E-state index in [-0.39, 0.29) is 0 Å². The molecule has 1 saturated heterocycles. The highest BCUT2D eigenvalue weighted by atomic mass is 16.5. The maximum absolute atomic E-state index is 5.40. The van der Waals surface area contributed by atoms with Crippen LogP contribution in [-0.2, 0) is 11.3 Å². The number of morpholine rings is 1. The fourth-order valence-electron chi connectivity index (χ4n) is 1.94. The normalized spacial score (nSPS) is 22.4. The molecule has 1 unspecified atom stereocenters. The Kier molecular flexibility index (Phi) is 4.39. The minimum absolute atomic E-state index is 0.541. The van der Waals surface area contributed by atoms with E-state index < -0.39 is 0 Å². The summed E-state index contributed by atoms with van der Waals surface area (Å²) >= 11 is 0. The Morgan fingerprint density at radius 1 is 1.56 bits per heavy atom. The third-order valence-corrected chi connectivity index (χ3v) is 2.96. The molecule has 2 heterocycles. The highest BCUT2D eigenvalue weighted by Crippen LogP contribution is 2.04. The first-order chi connectivity index (χ1) is 7.86. The second kappa shape index (κ2) is 6.03.